The molecular formula is C23H28N4O3. The summed E-state index contributed by atoms with van der Waals surface area (Å²) in [4.78, 5) is 8.88. The lowest BCUT2D eigenvalue weighted by atomic mass is 9.98. The van der Waals surface area contributed by atoms with Crippen LogP contribution in [0.2, 0.25) is 0 Å². The smallest absolute Gasteiger partial charge is 0.167 e. The normalized spacial score (nSPS) is 11.9. The molecule has 0 amide bonds. The van der Waals surface area contributed by atoms with Crippen molar-refractivity contribution in [1.82, 2.24) is 20.2 Å². The van der Waals surface area contributed by atoms with Gasteiger partial charge in [0.2, 0.25) is 0 Å². The minimum Gasteiger partial charge on any atom is -0.507 e. The molecule has 0 aliphatic carbocycles. The van der Waals surface area contributed by atoms with Crippen molar-refractivity contribution in [3.63, 3.8) is 0 Å². The summed E-state index contributed by atoms with van der Waals surface area (Å²) in [6.45, 7) is 1.60. The summed E-state index contributed by atoms with van der Waals surface area (Å²) in [5, 5.41) is 35.8. The third kappa shape index (κ3) is 3.36. The van der Waals surface area contributed by atoms with E-state index in [1.807, 2.05) is 33.4 Å². The fourth-order valence-corrected chi connectivity index (χ4v) is 4.10. The second-order valence-corrected chi connectivity index (χ2v) is 7.94. The maximum absolute atomic E-state index is 10.6. The number of nitrogens with zero attached hydrogens (tertiary/aromatic N) is 1. The van der Waals surface area contributed by atoms with Gasteiger partial charge in [-0.1, -0.05) is 0 Å². The fourth-order valence-electron chi connectivity index (χ4n) is 4.10. The van der Waals surface area contributed by atoms with Gasteiger partial charge in [-0.05, 0) is 75.9 Å². The molecule has 4 aromatic rings. The van der Waals surface area contributed by atoms with Gasteiger partial charge in [0.1, 0.15) is 5.75 Å². The van der Waals surface area contributed by atoms with Crippen LogP contribution in [0.4, 0.5) is 0 Å². The Kier molecular flexibility index (Phi) is 5.32. The van der Waals surface area contributed by atoms with Gasteiger partial charge in [-0.15, -0.1) is 0 Å². The molecule has 30 heavy (non-hydrogen) atoms. The van der Waals surface area contributed by atoms with Gasteiger partial charge >= 0.3 is 0 Å². The van der Waals surface area contributed by atoms with E-state index in [0.29, 0.717) is 11.8 Å². The standard InChI is InChI=1S/C23H28N4O3/c1-24-10-8-14-20-16(5-7-18(29)23(20)30)26-21(14)15-4-6-17(28)19-13(9-11-27(2)3)12-25-22(15)19/h4-7,12,24-26,28-30H,8-11H2,1-3H3. The molecule has 0 saturated heterocycles. The molecule has 2 heterocycles. The van der Waals surface area contributed by atoms with E-state index in [9.17, 15) is 15.3 Å². The summed E-state index contributed by atoms with van der Waals surface area (Å²) in [5.74, 6) is -0.00753. The van der Waals surface area contributed by atoms with Crippen molar-refractivity contribution >= 4 is 21.8 Å². The van der Waals surface area contributed by atoms with Gasteiger partial charge in [0.15, 0.2) is 11.5 Å². The Morgan fingerprint density at radius 2 is 1.73 bits per heavy atom. The molecule has 6 N–H and O–H groups in total. The van der Waals surface area contributed by atoms with Crippen LogP contribution >= 0.6 is 0 Å². The van der Waals surface area contributed by atoms with Gasteiger partial charge in [0, 0.05) is 29.1 Å². The van der Waals surface area contributed by atoms with Crippen LogP contribution in [0.5, 0.6) is 17.2 Å². The number of rotatable bonds is 7. The summed E-state index contributed by atoms with van der Waals surface area (Å²) >= 11 is 0. The Hall–Kier alpha value is -3.16. The quantitative estimate of drug-likeness (QED) is 0.263. The van der Waals surface area contributed by atoms with Crippen LogP contribution in [0.3, 0.4) is 0 Å². The molecule has 2 aromatic carbocycles. The van der Waals surface area contributed by atoms with E-state index in [1.165, 1.54) is 6.07 Å². The molecule has 0 bridgehead atoms. The van der Waals surface area contributed by atoms with Crippen LogP contribution in [0.25, 0.3) is 33.1 Å². The van der Waals surface area contributed by atoms with Crippen LogP contribution in [0.1, 0.15) is 11.1 Å². The highest BCUT2D eigenvalue weighted by molar-refractivity contribution is 6.04. The first kappa shape index (κ1) is 20.1. The first-order chi connectivity index (χ1) is 14.4. The van der Waals surface area contributed by atoms with Crippen molar-refractivity contribution in [3.05, 3.63) is 41.6 Å². The van der Waals surface area contributed by atoms with Gasteiger partial charge in [-0.25, -0.2) is 0 Å². The number of nitrogens with one attached hydrogen (secondary N) is 3. The van der Waals surface area contributed by atoms with Crippen molar-refractivity contribution < 1.29 is 15.3 Å². The van der Waals surface area contributed by atoms with Crippen LogP contribution in [-0.2, 0) is 12.8 Å². The first-order valence-electron chi connectivity index (χ1n) is 10.1. The van der Waals surface area contributed by atoms with Gasteiger partial charge in [-0.2, -0.15) is 0 Å². The molecule has 2 aromatic heterocycles. The van der Waals surface area contributed by atoms with E-state index in [-0.39, 0.29) is 17.2 Å². The van der Waals surface area contributed by atoms with Crippen LogP contribution in [0.15, 0.2) is 30.5 Å². The third-order valence-corrected chi connectivity index (χ3v) is 5.64. The Morgan fingerprint density at radius 3 is 2.47 bits per heavy atom. The average molecular weight is 409 g/mol. The zero-order valence-electron chi connectivity index (χ0n) is 17.5. The predicted molar refractivity (Wildman–Crippen MR) is 120 cm³/mol. The van der Waals surface area contributed by atoms with Crippen molar-refractivity contribution in [3.8, 4) is 28.5 Å². The fraction of sp³-hybridized carbons (Fsp3) is 0.304. The number of likely N-dealkylation sites (N-methyl/N-ethyl adjacent to an activating group) is 2. The molecule has 0 fully saturated rings. The highest BCUT2D eigenvalue weighted by Gasteiger charge is 2.21. The van der Waals surface area contributed by atoms with Crippen molar-refractivity contribution in [2.75, 3.05) is 34.2 Å². The predicted octanol–water partition coefficient (Wildman–Crippen LogP) is 3.30. The SMILES string of the molecule is CNCCc1c(-c2ccc(O)c3c(CCN(C)C)c[nH]c23)[nH]c2ccc(O)c(O)c12. The zero-order valence-corrected chi connectivity index (χ0v) is 17.5. The van der Waals surface area contributed by atoms with Crippen molar-refractivity contribution in [1.29, 1.82) is 0 Å². The molecule has 0 atom stereocenters. The second-order valence-electron chi connectivity index (χ2n) is 7.94. The molecule has 0 aliphatic rings. The molecule has 7 nitrogen and oxygen atoms in total. The number of hydrogen-bond acceptors (Lipinski definition) is 5. The minimum atomic E-state index is -0.138. The van der Waals surface area contributed by atoms with Crippen molar-refractivity contribution in [2.45, 2.75) is 12.8 Å². The van der Waals surface area contributed by atoms with Gasteiger partial charge < -0.3 is 35.5 Å². The zero-order chi connectivity index (χ0) is 21.4. The lowest BCUT2D eigenvalue weighted by Gasteiger charge is -2.10. The average Bonchev–Trinajstić information content (AvgIpc) is 3.30. The number of H-pyrrole nitrogens is 2. The summed E-state index contributed by atoms with van der Waals surface area (Å²) in [5.41, 5.74) is 5.37. The first-order valence-corrected chi connectivity index (χ1v) is 10.1. The third-order valence-electron chi connectivity index (χ3n) is 5.64. The Morgan fingerprint density at radius 1 is 0.967 bits per heavy atom. The number of fused-ring (bicyclic) bond motifs is 2. The van der Waals surface area contributed by atoms with E-state index in [1.54, 1.807) is 12.1 Å². The largest absolute Gasteiger partial charge is 0.507 e. The van der Waals surface area contributed by atoms with E-state index >= 15 is 0 Å². The summed E-state index contributed by atoms with van der Waals surface area (Å²) in [6.07, 6.45) is 3.44. The van der Waals surface area contributed by atoms with Gasteiger partial charge in [0.25, 0.3) is 0 Å². The number of aromatic nitrogens is 2. The van der Waals surface area contributed by atoms with Gasteiger partial charge in [0.05, 0.1) is 16.7 Å². The highest BCUT2D eigenvalue weighted by atomic mass is 16.3. The number of phenols is 3. The number of aromatic hydroxyl groups is 3. The number of phenolic OH excluding ortho intramolecular Hbond substituents is 3. The lowest BCUT2D eigenvalue weighted by molar-refractivity contribution is 0.408. The number of benzene rings is 2. The Labute approximate surface area is 175 Å². The van der Waals surface area contributed by atoms with Crippen molar-refractivity contribution in [2.24, 2.45) is 0 Å². The minimum absolute atomic E-state index is 0.116. The van der Waals surface area contributed by atoms with E-state index in [2.05, 4.69) is 20.2 Å². The van der Waals surface area contributed by atoms with Crippen LogP contribution in [0, 0.1) is 0 Å². The summed E-state index contributed by atoms with van der Waals surface area (Å²) < 4.78 is 0. The maximum atomic E-state index is 10.6. The molecule has 0 radical (unpaired) electrons. The summed E-state index contributed by atoms with van der Waals surface area (Å²) in [7, 11) is 5.94. The molecule has 0 unspecified atom stereocenters. The highest BCUT2D eigenvalue weighted by Crippen LogP contribution is 2.43. The summed E-state index contributed by atoms with van der Waals surface area (Å²) in [6, 6.07) is 6.86. The van der Waals surface area contributed by atoms with Gasteiger partial charge in [-0.3, -0.25) is 0 Å². The van der Waals surface area contributed by atoms with E-state index in [4.69, 9.17) is 0 Å². The molecule has 158 valence electrons. The van der Waals surface area contributed by atoms with Crippen LogP contribution in [-0.4, -0.2) is 64.4 Å². The maximum Gasteiger partial charge on any atom is 0.167 e. The number of aromatic amines is 2. The monoisotopic (exact) mass is 408 g/mol. The van der Waals surface area contributed by atoms with E-state index < -0.39 is 0 Å². The van der Waals surface area contributed by atoms with E-state index in [0.717, 1.165) is 58.3 Å². The Bertz CT molecular complexity index is 1210. The molecule has 0 spiro atoms. The Balaban J connectivity index is 1.94. The topological polar surface area (TPSA) is 108 Å². The second kappa shape index (κ2) is 7.93. The lowest BCUT2D eigenvalue weighted by Crippen LogP contribution is -2.14. The number of hydrogen-bond donors (Lipinski definition) is 6. The molecule has 0 saturated carbocycles. The molecule has 0 aliphatic heterocycles. The molecule has 7 heteroatoms. The molecule has 4 rings (SSSR count). The van der Waals surface area contributed by atoms with Crippen LogP contribution < -0.4 is 5.32 Å². The molecular weight excluding hydrogens is 380 g/mol.